The third kappa shape index (κ3) is 2.33. The molecule has 74 valence electrons. The number of hydrogen-bond donors (Lipinski definition) is 0. The standard InChI is InChI=1S/C10H17BrN2/c1-7(2)13-9(11)6-8(12-13)10(3,4)5/h6-7H,1-5H3. The Bertz CT molecular complexity index is 294. The molecule has 0 saturated carbocycles. The van der Waals surface area contributed by atoms with Gasteiger partial charge in [0.25, 0.3) is 0 Å². The van der Waals surface area contributed by atoms with Gasteiger partial charge in [-0.2, -0.15) is 5.10 Å². The van der Waals surface area contributed by atoms with Gasteiger partial charge in [0.15, 0.2) is 0 Å². The van der Waals surface area contributed by atoms with Crippen molar-refractivity contribution >= 4 is 15.9 Å². The lowest BCUT2D eigenvalue weighted by Gasteiger charge is -2.14. The Hall–Kier alpha value is -0.310. The minimum atomic E-state index is 0.128. The van der Waals surface area contributed by atoms with Crippen molar-refractivity contribution in [3.8, 4) is 0 Å². The monoisotopic (exact) mass is 244 g/mol. The van der Waals surface area contributed by atoms with Crippen LogP contribution in [0.1, 0.15) is 46.4 Å². The van der Waals surface area contributed by atoms with Gasteiger partial charge in [-0.25, -0.2) is 0 Å². The highest BCUT2D eigenvalue weighted by atomic mass is 79.9. The summed E-state index contributed by atoms with van der Waals surface area (Å²) in [6.07, 6.45) is 0. The van der Waals surface area contributed by atoms with Crippen LogP contribution in [0.4, 0.5) is 0 Å². The molecule has 0 saturated heterocycles. The zero-order chi connectivity index (χ0) is 10.2. The van der Waals surface area contributed by atoms with E-state index < -0.39 is 0 Å². The smallest absolute Gasteiger partial charge is 0.104 e. The van der Waals surface area contributed by atoms with Gasteiger partial charge in [-0.15, -0.1) is 0 Å². The van der Waals surface area contributed by atoms with Crippen LogP contribution in [-0.4, -0.2) is 9.78 Å². The quantitative estimate of drug-likeness (QED) is 0.740. The molecule has 1 aromatic rings. The minimum Gasteiger partial charge on any atom is -0.256 e. The van der Waals surface area contributed by atoms with Crippen molar-refractivity contribution in [2.24, 2.45) is 0 Å². The topological polar surface area (TPSA) is 17.8 Å². The average molecular weight is 245 g/mol. The van der Waals surface area contributed by atoms with Crippen LogP contribution in [0, 0.1) is 0 Å². The molecule has 1 rings (SSSR count). The number of rotatable bonds is 1. The molecule has 0 aromatic carbocycles. The van der Waals surface area contributed by atoms with Gasteiger partial charge in [-0.05, 0) is 35.8 Å². The predicted molar refractivity (Wildman–Crippen MR) is 59.0 cm³/mol. The maximum Gasteiger partial charge on any atom is 0.104 e. The third-order valence-electron chi connectivity index (χ3n) is 1.95. The number of nitrogens with zero attached hydrogens (tertiary/aromatic N) is 2. The molecular weight excluding hydrogens is 228 g/mol. The Kier molecular flexibility index (Phi) is 2.85. The van der Waals surface area contributed by atoms with Crippen molar-refractivity contribution in [3.63, 3.8) is 0 Å². The first-order chi connectivity index (χ1) is 5.82. The molecule has 0 unspecified atom stereocenters. The second kappa shape index (κ2) is 3.45. The lowest BCUT2D eigenvalue weighted by molar-refractivity contribution is 0.489. The molecule has 13 heavy (non-hydrogen) atoms. The normalized spacial score (nSPS) is 12.5. The van der Waals surface area contributed by atoms with Crippen LogP contribution in [0.2, 0.25) is 0 Å². The SMILES string of the molecule is CC(C)n1nc(C(C)(C)C)cc1Br. The van der Waals surface area contributed by atoms with Crippen LogP contribution in [0.25, 0.3) is 0 Å². The van der Waals surface area contributed by atoms with E-state index in [-0.39, 0.29) is 5.41 Å². The molecule has 0 atom stereocenters. The number of hydrogen-bond acceptors (Lipinski definition) is 1. The van der Waals surface area contributed by atoms with E-state index in [9.17, 15) is 0 Å². The van der Waals surface area contributed by atoms with Crippen molar-refractivity contribution in [1.29, 1.82) is 0 Å². The molecule has 2 nitrogen and oxygen atoms in total. The predicted octanol–water partition coefficient (Wildman–Crippen LogP) is 3.52. The Morgan fingerprint density at radius 2 is 1.92 bits per heavy atom. The average Bonchev–Trinajstić information content (AvgIpc) is 2.29. The molecule has 0 bridgehead atoms. The van der Waals surface area contributed by atoms with Gasteiger partial charge in [-0.1, -0.05) is 20.8 Å². The maximum atomic E-state index is 4.55. The zero-order valence-electron chi connectivity index (χ0n) is 8.93. The highest BCUT2D eigenvalue weighted by Gasteiger charge is 2.19. The van der Waals surface area contributed by atoms with Gasteiger partial charge < -0.3 is 0 Å². The summed E-state index contributed by atoms with van der Waals surface area (Å²) in [5.74, 6) is 0. The van der Waals surface area contributed by atoms with Crippen molar-refractivity contribution in [2.75, 3.05) is 0 Å². The van der Waals surface area contributed by atoms with Gasteiger partial charge >= 0.3 is 0 Å². The first-order valence-corrected chi connectivity index (χ1v) is 5.37. The van der Waals surface area contributed by atoms with E-state index >= 15 is 0 Å². The molecule has 0 spiro atoms. The van der Waals surface area contributed by atoms with E-state index in [1.165, 1.54) is 0 Å². The molecule has 3 heteroatoms. The minimum absolute atomic E-state index is 0.128. The molecule has 1 aromatic heterocycles. The first kappa shape index (κ1) is 10.8. The van der Waals surface area contributed by atoms with Gasteiger partial charge in [0.05, 0.1) is 5.69 Å². The second-order valence-electron chi connectivity index (χ2n) is 4.64. The highest BCUT2D eigenvalue weighted by molar-refractivity contribution is 9.10. The summed E-state index contributed by atoms with van der Waals surface area (Å²) >= 11 is 3.51. The van der Waals surface area contributed by atoms with Crippen LogP contribution < -0.4 is 0 Å². The van der Waals surface area contributed by atoms with E-state index in [0.29, 0.717) is 6.04 Å². The third-order valence-corrected chi connectivity index (χ3v) is 2.54. The van der Waals surface area contributed by atoms with E-state index in [0.717, 1.165) is 10.3 Å². The fraction of sp³-hybridized carbons (Fsp3) is 0.700. The first-order valence-electron chi connectivity index (χ1n) is 4.58. The van der Waals surface area contributed by atoms with Crippen molar-refractivity contribution in [3.05, 3.63) is 16.4 Å². The van der Waals surface area contributed by atoms with Crippen LogP contribution in [0.15, 0.2) is 10.7 Å². The summed E-state index contributed by atoms with van der Waals surface area (Å²) < 4.78 is 3.06. The summed E-state index contributed by atoms with van der Waals surface area (Å²) in [5, 5.41) is 4.55. The van der Waals surface area contributed by atoms with Crippen LogP contribution >= 0.6 is 15.9 Å². The Morgan fingerprint density at radius 3 is 2.15 bits per heavy atom. The summed E-state index contributed by atoms with van der Waals surface area (Å²) in [4.78, 5) is 0. The molecule has 0 aliphatic heterocycles. The second-order valence-corrected chi connectivity index (χ2v) is 5.45. The summed E-state index contributed by atoms with van der Waals surface area (Å²) in [6.45, 7) is 10.8. The fourth-order valence-corrected chi connectivity index (χ4v) is 1.81. The van der Waals surface area contributed by atoms with Crippen molar-refractivity contribution < 1.29 is 0 Å². The van der Waals surface area contributed by atoms with E-state index in [4.69, 9.17) is 0 Å². The summed E-state index contributed by atoms with van der Waals surface area (Å²) in [5.41, 5.74) is 1.26. The largest absolute Gasteiger partial charge is 0.256 e. The number of aromatic nitrogens is 2. The zero-order valence-corrected chi connectivity index (χ0v) is 10.5. The lowest BCUT2D eigenvalue weighted by atomic mass is 9.93. The lowest BCUT2D eigenvalue weighted by Crippen LogP contribution is -2.13. The van der Waals surface area contributed by atoms with E-state index in [1.807, 2.05) is 4.68 Å². The van der Waals surface area contributed by atoms with Crippen LogP contribution in [-0.2, 0) is 5.41 Å². The van der Waals surface area contributed by atoms with Gasteiger partial charge in [-0.3, -0.25) is 4.68 Å². The maximum absolute atomic E-state index is 4.55. The highest BCUT2D eigenvalue weighted by Crippen LogP contribution is 2.25. The van der Waals surface area contributed by atoms with Gasteiger partial charge in [0.2, 0.25) is 0 Å². The van der Waals surface area contributed by atoms with E-state index in [2.05, 4.69) is 61.7 Å². The fourth-order valence-electron chi connectivity index (χ4n) is 1.10. The Balaban J connectivity index is 3.10. The van der Waals surface area contributed by atoms with Gasteiger partial charge in [0, 0.05) is 11.5 Å². The van der Waals surface area contributed by atoms with Crippen LogP contribution in [0.5, 0.6) is 0 Å². The summed E-state index contributed by atoms with van der Waals surface area (Å²) in [7, 11) is 0. The molecule has 0 aliphatic carbocycles. The molecule has 1 heterocycles. The Morgan fingerprint density at radius 1 is 1.38 bits per heavy atom. The van der Waals surface area contributed by atoms with Gasteiger partial charge in [0.1, 0.15) is 4.60 Å². The molecular formula is C10H17BrN2. The van der Waals surface area contributed by atoms with Crippen molar-refractivity contribution in [1.82, 2.24) is 9.78 Å². The molecule has 0 fully saturated rings. The molecule has 0 N–H and O–H groups in total. The van der Waals surface area contributed by atoms with E-state index in [1.54, 1.807) is 0 Å². The van der Waals surface area contributed by atoms with Crippen LogP contribution in [0.3, 0.4) is 0 Å². The molecule has 0 aliphatic rings. The molecule has 0 radical (unpaired) electrons. The van der Waals surface area contributed by atoms with Crippen molar-refractivity contribution in [2.45, 2.75) is 46.1 Å². The summed E-state index contributed by atoms with van der Waals surface area (Å²) in [6, 6.07) is 2.51. The molecule has 0 amide bonds. The number of halogens is 1. The Labute approximate surface area is 88.5 Å².